The van der Waals surface area contributed by atoms with Crippen LogP contribution in [0.15, 0.2) is 29.4 Å². The molecule has 3 N–H and O–H groups in total. The summed E-state index contributed by atoms with van der Waals surface area (Å²) < 4.78 is 0. The third-order valence-electron chi connectivity index (χ3n) is 2.96. The molecule has 0 saturated carbocycles. The van der Waals surface area contributed by atoms with E-state index in [-0.39, 0.29) is 5.41 Å². The maximum Gasteiger partial charge on any atom is 0.332 e. The third kappa shape index (κ3) is 3.90. The Hall–Kier alpha value is -1.84. The molecular weight excluding hydrogens is 214 g/mol. The van der Waals surface area contributed by atoms with Crippen LogP contribution in [0.3, 0.4) is 0 Å². The van der Waals surface area contributed by atoms with E-state index in [2.05, 4.69) is 43.4 Å². The number of hydrazone groups is 1. The van der Waals surface area contributed by atoms with E-state index in [1.165, 1.54) is 5.56 Å². The van der Waals surface area contributed by atoms with Crippen molar-refractivity contribution >= 4 is 12.2 Å². The zero-order valence-electron chi connectivity index (χ0n) is 10.5. The van der Waals surface area contributed by atoms with Crippen LogP contribution in [-0.4, -0.2) is 12.2 Å². The molecule has 4 nitrogen and oxygen atoms in total. The number of primary amides is 1. The first-order valence-corrected chi connectivity index (χ1v) is 5.65. The number of nitrogens with zero attached hydrogens (tertiary/aromatic N) is 1. The van der Waals surface area contributed by atoms with Crippen molar-refractivity contribution < 1.29 is 4.79 Å². The molecule has 0 radical (unpaired) electrons. The SMILES string of the molecule is CCC(C)(C)c1ccc(C=NNC(N)=O)cc1. The van der Waals surface area contributed by atoms with Gasteiger partial charge < -0.3 is 5.73 Å². The van der Waals surface area contributed by atoms with Gasteiger partial charge in [-0.15, -0.1) is 0 Å². The summed E-state index contributed by atoms with van der Waals surface area (Å²) >= 11 is 0. The normalized spacial score (nSPS) is 11.7. The van der Waals surface area contributed by atoms with Crippen LogP contribution >= 0.6 is 0 Å². The van der Waals surface area contributed by atoms with Gasteiger partial charge in [-0.2, -0.15) is 5.10 Å². The lowest BCUT2D eigenvalue weighted by Crippen LogP contribution is -2.24. The molecule has 92 valence electrons. The number of nitrogens with two attached hydrogens (primary N) is 1. The first kappa shape index (κ1) is 13.2. The second kappa shape index (κ2) is 5.48. The van der Waals surface area contributed by atoms with Gasteiger partial charge in [-0.05, 0) is 23.0 Å². The Balaban J connectivity index is 2.75. The lowest BCUT2D eigenvalue weighted by atomic mass is 9.82. The van der Waals surface area contributed by atoms with Crippen molar-refractivity contribution in [2.75, 3.05) is 0 Å². The molecule has 0 unspecified atom stereocenters. The summed E-state index contributed by atoms with van der Waals surface area (Å²) in [6.07, 6.45) is 2.65. The minimum Gasteiger partial charge on any atom is -0.350 e. The van der Waals surface area contributed by atoms with Crippen molar-refractivity contribution in [3.8, 4) is 0 Å². The molecule has 2 amide bonds. The molecule has 0 aliphatic rings. The highest BCUT2D eigenvalue weighted by molar-refractivity contribution is 5.81. The van der Waals surface area contributed by atoms with E-state index in [4.69, 9.17) is 5.73 Å². The molecule has 1 rings (SSSR count). The highest BCUT2D eigenvalue weighted by Crippen LogP contribution is 2.26. The van der Waals surface area contributed by atoms with Gasteiger partial charge >= 0.3 is 6.03 Å². The number of urea groups is 1. The lowest BCUT2D eigenvalue weighted by molar-refractivity contribution is 0.249. The summed E-state index contributed by atoms with van der Waals surface area (Å²) in [6.45, 7) is 6.60. The van der Waals surface area contributed by atoms with Crippen LogP contribution in [0.2, 0.25) is 0 Å². The minimum atomic E-state index is -0.662. The summed E-state index contributed by atoms with van der Waals surface area (Å²) in [6, 6.07) is 7.44. The van der Waals surface area contributed by atoms with Gasteiger partial charge in [0.25, 0.3) is 0 Å². The fourth-order valence-electron chi connectivity index (χ4n) is 1.39. The topological polar surface area (TPSA) is 67.5 Å². The zero-order chi connectivity index (χ0) is 12.9. The summed E-state index contributed by atoms with van der Waals surface area (Å²) in [5, 5.41) is 3.70. The van der Waals surface area contributed by atoms with Gasteiger partial charge in [0.1, 0.15) is 0 Å². The zero-order valence-corrected chi connectivity index (χ0v) is 10.5. The molecule has 0 aliphatic carbocycles. The summed E-state index contributed by atoms with van der Waals surface area (Å²) in [5.74, 6) is 0. The lowest BCUT2D eigenvalue weighted by Gasteiger charge is -2.23. The van der Waals surface area contributed by atoms with Gasteiger partial charge in [-0.3, -0.25) is 0 Å². The average Bonchev–Trinajstić information content (AvgIpc) is 2.29. The van der Waals surface area contributed by atoms with Gasteiger partial charge in [-0.1, -0.05) is 45.0 Å². The second-order valence-corrected chi connectivity index (χ2v) is 4.59. The fourth-order valence-corrected chi connectivity index (χ4v) is 1.39. The summed E-state index contributed by atoms with van der Waals surface area (Å²) in [5.41, 5.74) is 9.45. The van der Waals surface area contributed by atoms with E-state index in [1.807, 2.05) is 12.1 Å². The predicted octanol–water partition coefficient (Wildman–Crippen LogP) is 2.38. The maximum atomic E-state index is 10.4. The van der Waals surface area contributed by atoms with Crippen LogP contribution in [0.5, 0.6) is 0 Å². The van der Waals surface area contributed by atoms with Gasteiger partial charge in [-0.25, -0.2) is 10.2 Å². The van der Waals surface area contributed by atoms with Gasteiger partial charge in [0.05, 0.1) is 6.21 Å². The van der Waals surface area contributed by atoms with Crippen molar-refractivity contribution in [3.63, 3.8) is 0 Å². The monoisotopic (exact) mass is 233 g/mol. The van der Waals surface area contributed by atoms with E-state index in [0.29, 0.717) is 0 Å². The van der Waals surface area contributed by atoms with Crippen molar-refractivity contribution in [1.29, 1.82) is 0 Å². The Morgan fingerprint density at radius 1 is 1.41 bits per heavy atom. The van der Waals surface area contributed by atoms with Crippen LogP contribution in [0.4, 0.5) is 4.79 Å². The van der Waals surface area contributed by atoms with Crippen LogP contribution in [-0.2, 0) is 5.41 Å². The molecule has 0 atom stereocenters. The maximum absolute atomic E-state index is 10.4. The van der Waals surface area contributed by atoms with Crippen molar-refractivity contribution in [2.24, 2.45) is 10.8 Å². The molecular formula is C13H19N3O. The summed E-state index contributed by atoms with van der Waals surface area (Å²) in [7, 11) is 0. The smallest absolute Gasteiger partial charge is 0.332 e. The van der Waals surface area contributed by atoms with Crippen LogP contribution in [0.25, 0.3) is 0 Å². The highest BCUT2D eigenvalue weighted by atomic mass is 16.2. The molecule has 0 aliphatic heterocycles. The van der Waals surface area contributed by atoms with E-state index in [0.717, 1.165) is 12.0 Å². The van der Waals surface area contributed by atoms with Gasteiger partial charge in [0.2, 0.25) is 0 Å². The predicted molar refractivity (Wildman–Crippen MR) is 70.1 cm³/mol. The molecule has 0 bridgehead atoms. The number of carbonyl (C=O) groups excluding carboxylic acids is 1. The molecule has 0 fully saturated rings. The van der Waals surface area contributed by atoms with Gasteiger partial charge in [0, 0.05) is 0 Å². The van der Waals surface area contributed by atoms with E-state index in [9.17, 15) is 4.79 Å². The minimum absolute atomic E-state index is 0.182. The average molecular weight is 233 g/mol. The molecule has 0 saturated heterocycles. The first-order chi connectivity index (χ1) is 7.95. The quantitative estimate of drug-likeness (QED) is 0.608. The molecule has 0 heterocycles. The number of carbonyl (C=O) groups is 1. The first-order valence-electron chi connectivity index (χ1n) is 5.65. The number of amides is 2. The molecule has 0 spiro atoms. The van der Waals surface area contributed by atoms with Crippen LogP contribution in [0.1, 0.15) is 38.3 Å². The Labute approximate surface area is 102 Å². The van der Waals surface area contributed by atoms with Crippen LogP contribution in [0, 0.1) is 0 Å². The highest BCUT2D eigenvalue weighted by Gasteiger charge is 2.17. The fraction of sp³-hybridized carbons (Fsp3) is 0.385. The standard InChI is InChI=1S/C13H19N3O/c1-4-13(2,3)11-7-5-10(6-8-11)9-15-16-12(14)17/h5-9H,4H2,1-3H3,(H3,14,16,17). The van der Waals surface area contributed by atoms with Crippen LogP contribution < -0.4 is 11.2 Å². The largest absolute Gasteiger partial charge is 0.350 e. The Kier molecular flexibility index (Phi) is 4.26. The molecule has 0 aromatic heterocycles. The van der Waals surface area contributed by atoms with Crippen molar-refractivity contribution in [3.05, 3.63) is 35.4 Å². The van der Waals surface area contributed by atoms with Gasteiger partial charge in [0.15, 0.2) is 0 Å². The number of rotatable bonds is 4. The molecule has 4 heteroatoms. The van der Waals surface area contributed by atoms with Crippen molar-refractivity contribution in [2.45, 2.75) is 32.6 Å². The number of hydrogen-bond acceptors (Lipinski definition) is 2. The van der Waals surface area contributed by atoms with E-state index in [1.54, 1.807) is 6.21 Å². The Bertz CT molecular complexity index is 407. The Morgan fingerprint density at radius 3 is 2.47 bits per heavy atom. The van der Waals surface area contributed by atoms with Crippen molar-refractivity contribution in [1.82, 2.24) is 5.43 Å². The molecule has 1 aromatic rings. The third-order valence-corrected chi connectivity index (χ3v) is 2.96. The number of nitrogens with one attached hydrogen (secondary N) is 1. The van der Waals surface area contributed by atoms with E-state index >= 15 is 0 Å². The number of hydrogen-bond donors (Lipinski definition) is 2. The summed E-state index contributed by atoms with van der Waals surface area (Å²) in [4.78, 5) is 10.4. The second-order valence-electron chi connectivity index (χ2n) is 4.59. The molecule has 1 aromatic carbocycles. The molecule has 17 heavy (non-hydrogen) atoms. The Morgan fingerprint density at radius 2 is 2.00 bits per heavy atom. The van der Waals surface area contributed by atoms with E-state index < -0.39 is 6.03 Å². The number of benzene rings is 1.